The molecule has 0 spiro atoms. The van der Waals surface area contributed by atoms with Gasteiger partial charge in [0.1, 0.15) is 0 Å². The second kappa shape index (κ2) is 7.32. The van der Waals surface area contributed by atoms with E-state index in [1.807, 2.05) is 43.1 Å². The number of likely N-dealkylation sites (tertiary alicyclic amines) is 1. The van der Waals surface area contributed by atoms with Gasteiger partial charge >= 0.3 is 0 Å². The van der Waals surface area contributed by atoms with Crippen LogP contribution in [0.3, 0.4) is 0 Å². The van der Waals surface area contributed by atoms with Crippen LogP contribution in [0.1, 0.15) is 35.9 Å². The molecule has 1 aromatic carbocycles. The van der Waals surface area contributed by atoms with Crippen LogP contribution in [0.4, 0.5) is 0 Å². The molecule has 1 atom stereocenters. The van der Waals surface area contributed by atoms with Crippen molar-refractivity contribution in [2.45, 2.75) is 32.2 Å². The van der Waals surface area contributed by atoms with Crippen LogP contribution in [0, 0.1) is 0 Å². The maximum Gasteiger partial charge on any atom is 0.276 e. The van der Waals surface area contributed by atoms with E-state index in [1.54, 1.807) is 4.68 Å². The first-order chi connectivity index (χ1) is 11.6. The fraction of sp³-hybridized carbons (Fsp3) is 0.471. The summed E-state index contributed by atoms with van der Waals surface area (Å²) in [5.41, 5.74) is 2.07. The summed E-state index contributed by atoms with van der Waals surface area (Å²) in [6, 6.07) is 7.75. The number of nitrogens with one attached hydrogen (secondary N) is 1. The Labute approximate surface area is 146 Å². The van der Waals surface area contributed by atoms with Crippen molar-refractivity contribution in [1.82, 2.24) is 25.2 Å². The van der Waals surface area contributed by atoms with Gasteiger partial charge in [-0.3, -0.25) is 4.79 Å². The predicted octanol–water partition coefficient (Wildman–Crippen LogP) is 2.31. The van der Waals surface area contributed by atoms with Crippen LogP contribution < -0.4 is 5.32 Å². The Balaban J connectivity index is 1.90. The van der Waals surface area contributed by atoms with Gasteiger partial charge in [0.25, 0.3) is 5.91 Å². The molecule has 24 heavy (non-hydrogen) atoms. The molecule has 1 N–H and O–H groups in total. The first-order valence-electron chi connectivity index (χ1n) is 8.31. The second-order valence-electron chi connectivity index (χ2n) is 6.01. The maximum atomic E-state index is 12.9. The number of amides is 1. The fourth-order valence-electron chi connectivity index (χ4n) is 3.15. The zero-order chi connectivity index (χ0) is 17.1. The number of hydrogen-bond acceptors (Lipinski definition) is 4. The average Bonchev–Trinajstić information content (AvgIpc) is 3.05. The van der Waals surface area contributed by atoms with Crippen molar-refractivity contribution in [2.75, 3.05) is 20.1 Å². The standard InChI is InChI=1S/C17H22ClN5O/c1-3-15-16(17(24)22-9-5-7-13(11-22)19-2)20-21-23(15)14-8-4-6-12(18)10-14/h4,6,8,10,13,19H,3,5,7,9,11H2,1-2H3. The van der Waals surface area contributed by atoms with Crippen molar-refractivity contribution in [3.8, 4) is 5.69 Å². The SMILES string of the molecule is CCc1c(C(=O)N2CCCC(NC)C2)nnn1-c1cccc(Cl)c1. The minimum atomic E-state index is -0.0416. The number of likely N-dealkylation sites (N-methyl/N-ethyl adjacent to an activating group) is 1. The molecule has 0 bridgehead atoms. The first kappa shape index (κ1) is 16.9. The molecule has 1 amide bonds. The molecule has 0 aliphatic carbocycles. The first-order valence-corrected chi connectivity index (χ1v) is 8.69. The quantitative estimate of drug-likeness (QED) is 0.921. The van der Waals surface area contributed by atoms with Gasteiger partial charge in [-0.05, 0) is 44.5 Å². The summed E-state index contributed by atoms with van der Waals surface area (Å²) in [5.74, 6) is -0.0416. The van der Waals surface area contributed by atoms with E-state index in [9.17, 15) is 4.79 Å². The van der Waals surface area contributed by atoms with Crippen molar-refractivity contribution in [2.24, 2.45) is 0 Å². The highest BCUT2D eigenvalue weighted by Crippen LogP contribution is 2.20. The Morgan fingerprint density at radius 2 is 2.29 bits per heavy atom. The van der Waals surface area contributed by atoms with E-state index in [1.165, 1.54) is 0 Å². The van der Waals surface area contributed by atoms with Crippen LogP contribution in [0.2, 0.25) is 5.02 Å². The van der Waals surface area contributed by atoms with Gasteiger partial charge in [0.2, 0.25) is 0 Å². The number of carbonyl (C=O) groups excluding carboxylic acids is 1. The highest BCUT2D eigenvalue weighted by molar-refractivity contribution is 6.30. The molecule has 2 aromatic rings. The van der Waals surface area contributed by atoms with E-state index < -0.39 is 0 Å². The summed E-state index contributed by atoms with van der Waals surface area (Å²) in [5, 5.41) is 12.3. The number of aromatic nitrogens is 3. The van der Waals surface area contributed by atoms with Crippen molar-refractivity contribution in [3.05, 3.63) is 40.7 Å². The molecular weight excluding hydrogens is 326 g/mol. The molecule has 7 heteroatoms. The number of piperidine rings is 1. The van der Waals surface area contributed by atoms with Gasteiger partial charge in [0, 0.05) is 24.2 Å². The molecule has 1 fully saturated rings. The number of nitrogens with zero attached hydrogens (tertiary/aromatic N) is 4. The van der Waals surface area contributed by atoms with E-state index >= 15 is 0 Å². The van der Waals surface area contributed by atoms with Gasteiger partial charge in [0.15, 0.2) is 5.69 Å². The molecule has 1 unspecified atom stereocenters. The van der Waals surface area contributed by atoms with Crippen molar-refractivity contribution >= 4 is 17.5 Å². The lowest BCUT2D eigenvalue weighted by molar-refractivity contribution is 0.0691. The largest absolute Gasteiger partial charge is 0.336 e. The smallest absolute Gasteiger partial charge is 0.276 e. The Hall–Kier alpha value is -1.92. The molecule has 0 saturated carbocycles. The number of benzene rings is 1. The predicted molar refractivity (Wildman–Crippen MR) is 93.7 cm³/mol. The van der Waals surface area contributed by atoms with E-state index in [-0.39, 0.29) is 5.91 Å². The third-order valence-electron chi connectivity index (χ3n) is 4.47. The van der Waals surface area contributed by atoms with Gasteiger partial charge in [-0.2, -0.15) is 0 Å². The minimum absolute atomic E-state index is 0.0416. The number of hydrogen-bond donors (Lipinski definition) is 1. The molecule has 2 heterocycles. The molecule has 1 aliphatic rings. The van der Waals surface area contributed by atoms with Crippen molar-refractivity contribution in [1.29, 1.82) is 0 Å². The normalized spacial score (nSPS) is 18.0. The van der Waals surface area contributed by atoms with Crippen LogP contribution in [0.25, 0.3) is 5.69 Å². The van der Waals surface area contributed by atoms with Crippen LogP contribution >= 0.6 is 11.6 Å². The number of carbonyl (C=O) groups is 1. The molecule has 6 nitrogen and oxygen atoms in total. The van der Waals surface area contributed by atoms with Gasteiger partial charge in [-0.1, -0.05) is 29.8 Å². The monoisotopic (exact) mass is 347 g/mol. The van der Waals surface area contributed by atoms with E-state index in [2.05, 4.69) is 15.6 Å². The Morgan fingerprint density at radius 3 is 3.00 bits per heavy atom. The third kappa shape index (κ3) is 3.30. The summed E-state index contributed by atoms with van der Waals surface area (Å²) in [6.07, 6.45) is 2.77. The van der Waals surface area contributed by atoms with E-state index in [4.69, 9.17) is 11.6 Å². The molecule has 0 radical (unpaired) electrons. The van der Waals surface area contributed by atoms with Crippen LogP contribution in [0.15, 0.2) is 24.3 Å². The molecule has 1 aromatic heterocycles. The molecule has 3 rings (SSSR count). The Kier molecular flexibility index (Phi) is 5.16. The summed E-state index contributed by atoms with van der Waals surface area (Å²) in [7, 11) is 1.94. The van der Waals surface area contributed by atoms with E-state index in [0.29, 0.717) is 29.7 Å². The van der Waals surface area contributed by atoms with Crippen LogP contribution in [0.5, 0.6) is 0 Å². The maximum absolute atomic E-state index is 12.9. The Bertz CT molecular complexity index is 730. The minimum Gasteiger partial charge on any atom is -0.336 e. The fourth-order valence-corrected chi connectivity index (χ4v) is 3.33. The topological polar surface area (TPSA) is 63.1 Å². The van der Waals surface area contributed by atoms with Gasteiger partial charge < -0.3 is 10.2 Å². The Morgan fingerprint density at radius 1 is 1.46 bits per heavy atom. The summed E-state index contributed by atoms with van der Waals surface area (Å²) in [6.45, 7) is 3.48. The van der Waals surface area contributed by atoms with Crippen LogP contribution in [-0.4, -0.2) is 52.0 Å². The average molecular weight is 348 g/mol. The molecule has 128 valence electrons. The highest BCUT2D eigenvalue weighted by atomic mass is 35.5. The van der Waals surface area contributed by atoms with Crippen molar-refractivity contribution in [3.63, 3.8) is 0 Å². The lowest BCUT2D eigenvalue weighted by atomic mass is 10.1. The summed E-state index contributed by atoms with van der Waals surface area (Å²) >= 11 is 6.07. The number of rotatable bonds is 4. The third-order valence-corrected chi connectivity index (χ3v) is 4.71. The lowest BCUT2D eigenvalue weighted by Gasteiger charge is -2.32. The molecule has 1 aliphatic heterocycles. The van der Waals surface area contributed by atoms with Crippen molar-refractivity contribution < 1.29 is 4.79 Å². The zero-order valence-corrected chi connectivity index (χ0v) is 14.8. The lowest BCUT2D eigenvalue weighted by Crippen LogP contribution is -2.47. The summed E-state index contributed by atoms with van der Waals surface area (Å²) < 4.78 is 1.71. The van der Waals surface area contributed by atoms with Gasteiger partial charge in [-0.25, -0.2) is 4.68 Å². The van der Waals surface area contributed by atoms with E-state index in [0.717, 1.165) is 30.8 Å². The van der Waals surface area contributed by atoms with Gasteiger partial charge in [0.05, 0.1) is 11.4 Å². The second-order valence-corrected chi connectivity index (χ2v) is 6.45. The number of halogens is 1. The zero-order valence-electron chi connectivity index (χ0n) is 14.0. The highest BCUT2D eigenvalue weighted by Gasteiger charge is 2.28. The molecule has 1 saturated heterocycles. The van der Waals surface area contributed by atoms with Gasteiger partial charge in [-0.15, -0.1) is 5.10 Å². The summed E-state index contributed by atoms with van der Waals surface area (Å²) in [4.78, 5) is 14.8. The molecular formula is C17H22ClN5O. The van der Waals surface area contributed by atoms with Crippen LogP contribution in [-0.2, 0) is 6.42 Å².